The monoisotopic (exact) mass is 449 g/mol. The standard InChI is InChI=1S/C21H19F4N5O2/c1-12(11-32-2)27-20-26-10-9-17(28-20)30(14-5-3-13(22)4-6-14)21(31)29-19-16(24)8-7-15(23)18(19)25/h3-10,12H,11H2,1-2H3,(H,29,31)(H,26,27,28). The molecule has 1 unspecified atom stereocenters. The summed E-state index contributed by atoms with van der Waals surface area (Å²) in [5.41, 5.74) is -0.834. The van der Waals surface area contributed by atoms with Gasteiger partial charge in [-0.1, -0.05) is 0 Å². The maximum Gasteiger partial charge on any atom is 0.332 e. The molecule has 0 spiro atoms. The number of aromatic nitrogens is 2. The second-order valence-corrected chi connectivity index (χ2v) is 6.70. The fraction of sp³-hybridized carbons (Fsp3) is 0.190. The van der Waals surface area contributed by atoms with Gasteiger partial charge in [0.25, 0.3) is 0 Å². The Morgan fingerprint density at radius 3 is 2.44 bits per heavy atom. The van der Waals surface area contributed by atoms with E-state index in [1.54, 1.807) is 0 Å². The molecule has 1 atom stereocenters. The fourth-order valence-electron chi connectivity index (χ4n) is 2.80. The molecule has 2 amide bonds. The third-order valence-corrected chi connectivity index (χ3v) is 4.23. The molecule has 3 rings (SSSR count). The largest absolute Gasteiger partial charge is 0.383 e. The van der Waals surface area contributed by atoms with E-state index >= 15 is 0 Å². The van der Waals surface area contributed by atoms with E-state index < -0.39 is 35.0 Å². The van der Waals surface area contributed by atoms with Crippen molar-refractivity contribution in [1.82, 2.24) is 9.97 Å². The molecule has 7 nitrogen and oxygen atoms in total. The first-order chi connectivity index (χ1) is 15.3. The highest BCUT2D eigenvalue weighted by atomic mass is 19.2. The zero-order chi connectivity index (χ0) is 23.3. The molecule has 168 valence electrons. The highest BCUT2D eigenvalue weighted by Gasteiger charge is 2.24. The van der Waals surface area contributed by atoms with Gasteiger partial charge in [0, 0.05) is 25.4 Å². The number of benzene rings is 2. The highest BCUT2D eigenvalue weighted by Crippen LogP contribution is 2.28. The summed E-state index contributed by atoms with van der Waals surface area (Å²) in [5, 5.41) is 4.99. The maximum atomic E-state index is 14.1. The molecular formula is C21H19F4N5O2. The molecule has 1 aromatic heterocycles. The minimum atomic E-state index is -1.56. The minimum Gasteiger partial charge on any atom is -0.383 e. The molecule has 0 radical (unpaired) electrons. The van der Waals surface area contributed by atoms with E-state index in [1.807, 2.05) is 12.2 Å². The first-order valence-corrected chi connectivity index (χ1v) is 9.39. The van der Waals surface area contributed by atoms with Gasteiger partial charge in [0.1, 0.15) is 23.1 Å². The minimum absolute atomic E-state index is 0.00782. The Morgan fingerprint density at radius 2 is 1.75 bits per heavy atom. The second kappa shape index (κ2) is 10.1. The summed E-state index contributed by atoms with van der Waals surface area (Å²) in [5.74, 6) is -4.47. The Hall–Kier alpha value is -3.73. The Morgan fingerprint density at radius 1 is 1.06 bits per heavy atom. The van der Waals surface area contributed by atoms with Gasteiger partial charge in [0.15, 0.2) is 11.6 Å². The maximum absolute atomic E-state index is 14.1. The number of carbonyl (C=O) groups is 1. The molecule has 0 bridgehead atoms. The van der Waals surface area contributed by atoms with Crippen LogP contribution in [0.2, 0.25) is 0 Å². The van der Waals surface area contributed by atoms with Crippen LogP contribution in [0.15, 0.2) is 48.7 Å². The summed E-state index contributed by atoms with van der Waals surface area (Å²) >= 11 is 0. The Kier molecular flexibility index (Phi) is 7.21. The van der Waals surface area contributed by atoms with Gasteiger partial charge >= 0.3 is 6.03 Å². The Labute approximate surface area is 181 Å². The van der Waals surface area contributed by atoms with Crippen molar-refractivity contribution in [3.8, 4) is 0 Å². The molecule has 0 aliphatic rings. The molecule has 32 heavy (non-hydrogen) atoms. The number of anilines is 4. The van der Waals surface area contributed by atoms with Gasteiger partial charge in [-0.3, -0.25) is 0 Å². The van der Waals surface area contributed by atoms with Crippen LogP contribution < -0.4 is 15.5 Å². The lowest BCUT2D eigenvalue weighted by Gasteiger charge is -2.23. The van der Waals surface area contributed by atoms with Crippen LogP contribution in [0.1, 0.15) is 6.92 Å². The van der Waals surface area contributed by atoms with Crippen molar-refractivity contribution in [2.75, 3.05) is 29.3 Å². The molecule has 0 saturated heterocycles. The summed E-state index contributed by atoms with van der Waals surface area (Å²) in [6, 6.07) is 6.16. The third-order valence-electron chi connectivity index (χ3n) is 4.23. The van der Waals surface area contributed by atoms with Gasteiger partial charge in [0.2, 0.25) is 5.95 Å². The number of ether oxygens (including phenoxy) is 1. The molecule has 0 aliphatic carbocycles. The van der Waals surface area contributed by atoms with Crippen molar-refractivity contribution in [2.45, 2.75) is 13.0 Å². The number of nitrogens with one attached hydrogen (secondary N) is 2. The molecule has 11 heteroatoms. The zero-order valence-corrected chi connectivity index (χ0v) is 17.1. The number of halogens is 4. The lowest BCUT2D eigenvalue weighted by molar-refractivity contribution is 0.190. The Bertz CT molecular complexity index is 1100. The van der Waals surface area contributed by atoms with E-state index in [-0.39, 0.29) is 23.5 Å². The first-order valence-electron chi connectivity index (χ1n) is 9.39. The molecule has 3 aromatic rings. The number of hydrogen-bond acceptors (Lipinski definition) is 5. The zero-order valence-electron chi connectivity index (χ0n) is 17.1. The summed E-state index contributed by atoms with van der Waals surface area (Å²) in [7, 11) is 1.53. The Balaban J connectivity index is 1.99. The molecule has 0 aliphatic heterocycles. The summed E-state index contributed by atoms with van der Waals surface area (Å²) in [4.78, 5) is 22.3. The number of carbonyl (C=O) groups excluding carboxylic acids is 1. The van der Waals surface area contributed by atoms with Gasteiger partial charge in [-0.2, -0.15) is 4.98 Å². The quantitative estimate of drug-likeness (QED) is 0.398. The van der Waals surface area contributed by atoms with Crippen molar-refractivity contribution in [2.24, 2.45) is 0 Å². The number of urea groups is 1. The molecule has 2 aromatic carbocycles. The third kappa shape index (κ3) is 5.30. The molecular weight excluding hydrogens is 430 g/mol. The van der Waals surface area contributed by atoms with Crippen LogP contribution in [-0.2, 0) is 4.74 Å². The highest BCUT2D eigenvalue weighted by molar-refractivity contribution is 6.06. The number of methoxy groups -OCH3 is 1. The number of rotatable bonds is 7. The number of nitrogens with zero attached hydrogens (tertiary/aromatic N) is 3. The summed E-state index contributed by atoms with van der Waals surface area (Å²) in [6.07, 6.45) is 1.36. The smallest absolute Gasteiger partial charge is 0.332 e. The van der Waals surface area contributed by atoms with E-state index in [0.717, 1.165) is 17.0 Å². The first kappa shape index (κ1) is 22.9. The second-order valence-electron chi connectivity index (χ2n) is 6.70. The lowest BCUT2D eigenvalue weighted by atomic mass is 10.2. The van der Waals surface area contributed by atoms with Gasteiger partial charge in [-0.05, 0) is 43.3 Å². The van der Waals surface area contributed by atoms with E-state index in [4.69, 9.17) is 4.74 Å². The van der Waals surface area contributed by atoms with Gasteiger partial charge in [-0.15, -0.1) is 0 Å². The van der Waals surface area contributed by atoms with E-state index in [1.165, 1.54) is 31.5 Å². The van der Waals surface area contributed by atoms with E-state index in [0.29, 0.717) is 18.7 Å². The average Bonchev–Trinajstić information content (AvgIpc) is 2.76. The van der Waals surface area contributed by atoms with Crippen molar-refractivity contribution in [1.29, 1.82) is 0 Å². The average molecular weight is 449 g/mol. The summed E-state index contributed by atoms with van der Waals surface area (Å²) in [6.45, 7) is 2.17. The normalized spacial score (nSPS) is 11.7. The van der Waals surface area contributed by atoms with Crippen molar-refractivity contribution >= 4 is 29.2 Å². The summed E-state index contributed by atoms with van der Waals surface area (Å²) < 4.78 is 60.1. The van der Waals surface area contributed by atoms with E-state index in [2.05, 4.69) is 15.3 Å². The van der Waals surface area contributed by atoms with Gasteiger partial charge in [0.05, 0.1) is 12.3 Å². The predicted octanol–water partition coefficient (Wildman–Crippen LogP) is 4.85. The SMILES string of the molecule is COCC(C)Nc1nccc(N(C(=O)Nc2c(F)ccc(F)c2F)c2ccc(F)cc2)n1. The topological polar surface area (TPSA) is 79.4 Å². The number of hydrogen-bond donors (Lipinski definition) is 2. The fourth-order valence-corrected chi connectivity index (χ4v) is 2.80. The predicted molar refractivity (Wildman–Crippen MR) is 111 cm³/mol. The van der Waals surface area contributed by atoms with Crippen LogP contribution in [0.25, 0.3) is 0 Å². The molecule has 0 saturated carbocycles. The van der Waals surface area contributed by atoms with Crippen LogP contribution in [0.5, 0.6) is 0 Å². The van der Waals surface area contributed by atoms with Crippen LogP contribution in [-0.4, -0.2) is 35.8 Å². The number of amides is 2. The van der Waals surface area contributed by atoms with Crippen LogP contribution in [0.3, 0.4) is 0 Å². The lowest BCUT2D eigenvalue weighted by Crippen LogP contribution is -2.32. The van der Waals surface area contributed by atoms with Gasteiger partial charge < -0.3 is 15.4 Å². The molecule has 1 heterocycles. The van der Waals surface area contributed by atoms with Crippen LogP contribution >= 0.6 is 0 Å². The molecule has 2 N–H and O–H groups in total. The van der Waals surface area contributed by atoms with Crippen LogP contribution in [0.4, 0.5) is 45.5 Å². The van der Waals surface area contributed by atoms with Crippen LogP contribution in [0, 0.1) is 23.3 Å². The van der Waals surface area contributed by atoms with Crippen molar-refractivity contribution in [3.63, 3.8) is 0 Å². The van der Waals surface area contributed by atoms with Crippen molar-refractivity contribution < 1.29 is 27.1 Å². The van der Waals surface area contributed by atoms with Gasteiger partial charge in [-0.25, -0.2) is 32.2 Å². The van der Waals surface area contributed by atoms with Crippen molar-refractivity contribution in [3.05, 3.63) is 71.9 Å². The van der Waals surface area contributed by atoms with E-state index in [9.17, 15) is 22.4 Å². The molecule has 0 fully saturated rings.